The molecular formula is C35H26BrN3O5S. The van der Waals surface area contributed by atoms with Gasteiger partial charge in [0.05, 0.1) is 39.9 Å². The molecule has 0 fully saturated rings. The van der Waals surface area contributed by atoms with Gasteiger partial charge in [-0.15, -0.1) is 0 Å². The van der Waals surface area contributed by atoms with Gasteiger partial charge in [0.1, 0.15) is 6.61 Å². The van der Waals surface area contributed by atoms with Crippen molar-refractivity contribution >= 4 is 44.7 Å². The third kappa shape index (κ3) is 5.40. The zero-order chi connectivity index (χ0) is 31.1. The number of hydrogen-bond acceptors (Lipinski definition) is 7. The van der Waals surface area contributed by atoms with Crippen LogP contribution in [0.25, 0.3) is 11.8 Å². The Morgan fingerprint density at radius 2 is 1.78 bits per heavy atom. The Kier molecular flexibility index (Phi) is 7.68. The highest BCUT2D eigenvalue weighted by molar-refractivity contribution is 9.10. The average molecular weight is 681 g/mol. The topological polar surface area (TPSA) is 96.0 Å². The number of nitro benzene ring substituents is 1. The quantitative estimate of drug-likeness (QED) is 0.143. The lowest BCUT2D eigenvalue weighted by Gasteiger charge is -2.30. The van der Waals surface area contributed by atoms with Crippen LogP contribution < -0.4 is 24.4 Å². The van der Waals surface area contributed by atoms with E-state index in [0.29, 0.717) is 15.1 Å². The van der Waals surface area contributed by atoms with Gasteiger partial charge in [-0.2, -0.15) is 0 Å². The van der Waals surface area contributed by atoms with Crippen molar-refractivity contribution in [1.82, 2.24) is 4.57 Å². The van der Waals surface area contributed by atoms with Gasteiger partial charge in [-0.25, -0.2) is 4.99 Å². The molecule has 0 saturated heterocycles. The average Bonchev–Trinajstić information content (AvgIpc) is 3.37. The van der Waals surface area contributed by atoms with Crippen molar-refractivity contribution in [3.63, 3.8) is 0 Å². The predicted octanol–water partition coefficient (Wildman–Crippen LogP) is 6.58. The number of fused-ring (bicyclic) bond motifs is 3. The summed E-state index contributed by atoms with van der Waals surface area (Å²) in [5, 5.41) is 12.2. The monoisotopic (exact) mass is 679 g/mol. The number of rotatable bonds is 7. The molecule has 1 aromatic heterocycles. The van der Waals surface area contributed by atoms with E-state index in [1.165, 1.54) is 30.1 Å². The van der Waals surface area contributed by atoms with Crippen LogP contribution in [-0.2, 0) is 13.0 Å². The van der Waals surface area contributed by atoms with Crippen molar-refractivity contribution in [2.75, 3.05) is 7.11 Å². The van der Waals surface area contributed by atoms with E-state index in [9.17, 15) is 14.9 Å². The van der Waals surface area contributed by atoms with Crippen LogP contribution in [0.1, 0.15) is 40.3 Å². The van der Waals surface area contributed by atoms with Crippen molar-refractivity contribution in [3.05, 3.63) is 159 Å². The maximum atomic E-state index is 14.2. The molecule has 0 N–H and O–H groups in total. The normalized spacial score (nSPS) is 15.5. The summed E-state index contributed by atoms with van der Waals surface area (Å²) in [6.45, 7) is 0.218. The Labute approximate surface area is 270 Å². The molecule has 45 heavy (non-hydrogen) atoms. The first-order valence-electron chi connectivity index (χ1n) is 14.3. The van der Waals surface area contributed by atoms with E-state index >= 15 is 0 Å². The van der Waals surface area contributed by atoms with Crippen LogP contribution in [0.5, 0.6) is 11.5 Å². The van der Waals surface area contributed by atoms with E-state index in [-0.39, 0.29) is 35.2 Å². The van der Waals surface area contributed by atoms with E-state index < -0.39 is 4.92 Å². The second-order valence-corrected chi connectivity index (χ2v) is 12.7. The highest BCUT2D eigenvalue weighted by atomic mass is 79.9. The van der Waals surface area contributed by atoms with Crippen molar-refractivity contribution in [3.8, 4) is 11.5 Å². The number of nitrogens with zero attached hydrogens (tertiary/aromatic N) is 3. The minimum Gasteiger partial charge on any atom is -0.493 e. The first-order chi connectivity index (χ1) is 21.9. The number of benzene rings is 4. The van der Waals surface area contributed by atoms with E-state index in [1.54, 1.807) is 16.7 Å². The largest absolute Gasteiger partial charge is 0.493 e. The number of aryl methyl sites for hydroxylation is 1. The predicted molar refractivity (Wildman–Crippen MR) is 177 cm³/mol. The van der Waals surface area contributed by atoms with Crippen molar-refractivity contribution in [1.29, 1.82) is 0 Å². The van der Waals surface area contributed by atoms with Crippen LogP contribution in [0.2, 0.25) is 0 Å². The summed E-state index contributed by atoms with van der Waals surface area (Å²) in [6, 6.07) is 28.3. The number of ether oxygens (including phenoxy) is 2. The highest BCUT2D eigenvalue weighted by Crippen LogP contribution is 2.41. The number of thiazole rings is 1. The second kappa shape index (κ2) is 11.9. The smallest absolute Gasteiger partial charge is 0.280 e. The molecule has 0 bridgehead atoms. The molecule has 0 amide bonds. The van der Waals surface area contributed by atoms with Gasteiger partial charge in [0.25, 0.3) is 11.2 Å². The lowest BCUT2D eigenvalue weighted by Crippen LogP contribution is -2.38. The Morgan fingerprint density at radius 1 is 1.02 bits per heavy atom. The molecular weight excluding hydrogens is 654 g/mol. The number of methoxy groups -OCH3 is 1. The standard InChI is InChI=1S/C35H26BrN3O5S/c1-43-29-17-24(28(39(41)42)19-30(29)44-20-21-7-3-2-4-8-21)18-31-34(40)38-33(23-11-14-25(36)15-12-23)27-16-13-22-9-5-6-10-26(22)32(27)37-35(38)45-31/h2-12,14-15,17-19,33H,13,16,20H2,1H3/b31-18-/t33-/m0/s1. The summed E-state index contributed by atoms with van der Waals surface area (Å²) in [4.78, 5) is 31.5. The first-order valence-corrected chi connectivity index (χ1v) is 15.9. The molecule has 8 nitrogen and oxygen atoms in total. The summed E-state index contributed by atoms with van der Waals surface area (Å²) in [5.41, 5.74) is 5.96. The third-order valence-electron chi connectivity index (χ3n) is 8.09. The molecule has 1 atom stereocenters. The SMILES string of the molecule is COc1cc(/C=c2\sc3n(c2=O)[C@@H](c2ccc(Br)cc2)C2=C(N=3)c3ccccc3CC2)c([N+](=O)[O-])cc1OCc1ccccc1. The Morgan fingerprint density at radius 3 is 2.53 bits per heavy atom. The Bertz CT molecular complexity index is 2170. The summed E-state index contributed by atoms with van der Waals surface area (Å²) in [5.74, 6) is 0.573. The summed E-state index contributed by atoms with van der Waals surface area (Å²) in [7, 11) is 1.48. The minimum atomic E-state index is -0.474. The summed E-state index contributed by atoms with van der Waals surface area (Å²) in [6.07, 6.45) is 3.18. The maximum Gasteiger partial charge on any atom is 0.280 e. The zero-order valence-electron chi connectivity index (χ0n) is 24.1. The fourth-order valence-corrected chi connectivity index (χ4v) is 7.21. The number of halogens is 1. The van der Waals surface area contributed by atoms with Crippen LogP contribution in [0.15, 0.2) is 111 Å². The molecule has 7 rings (SSSR count). The van der Waals surface area contributed by atoms with Gasteiger partial charge in [-0.05, 0) is 59.4 Å². The van der Waals surface area contributed by atoms with Crippen molar-refractivity contribution < 1.29 is 14.4 Å². The molecule has 4 aromatic carbocycles. The molecule has 10 heteroatoms. The lowest BCUT2D eigenvalue weighted by molar-refractivity contribution is -0.385. The Balaban J connectivity index is 1.38. The summed E-state index contributed by atoms with van der Waals surface area (Å²) < 4.78 is 14.5. The third-order valence-corrected chi connectivity index (χ3v) is 9.60. The van der Waals surface area contributed by atoms with Crippen LogP contribution in [0.3, 0.4) is 0 Å². The van der Waals surface area contributed by atoms with Crippen LogP contribution in [0, 0.1) is 10.1 Å². The molecule has 0 saturated carbocycles. The molecule has 2 heterocycles. The molecule has 0 spiro atoms. The maximum absolute atomic E-state index is 14.2. The van der Waals surface area contributed by atoms with Gasteiger partial charge >= 0.3 is 0 Å². The van der Waals surface area contributed by atoms with E-state index in [4.69, 9.17) is 14.5 Å². The first kappa shape index (κ1) is 28.9. The molecule has 1 aliphatic carbocycles. The van der Waals surface area contributed by atoms with Gasteiger partial charge in [0.2, 0.25) is 0 Å². The van der Waals surface area contributed by atoms with Crippen LogP contribution in [0.4, 0.5) is 5.69 Å². The molecule has 5 aromatic rings. The summed E-state index contributed by atoms with van der Waals surface area (Å²) >= 11 is 4.75. The van der Waals surface area contributed by atoms with E-state index in [0.717, 1.165) is 45.3 Å². The molecule has 0 radical (unpaired) electrons. The van der Waals surface area contributed by atoms with Crippen LogP contribution in [-0.4, -0.2) is 16.6 Å². The van der Waals surface area contributed by atoms with Gasteiger partial charge in [-0.3, -0.25) is 19.5 Å². The second-order valence-electron chi connectivity index (χ2n) is 10.8. The lowest BCUT2D eigenvalue weighted by atomic mass is 9.83. The van der Waals surface area contributed by atoms with Gasteiger partial charge in [0, 0.05) is 10.0 Å². The molecule has 1 aliphatic heterocycles. The minimum absolute atomic E-state index is 0.192. The van der Waals surface area contributed by atoms with E-state index in [2.05, 4.69) is 28.1 Å². The number of nitro groups is 1. The number of aromatic nitrogens is 1. The van der Waals surface area contributed by atoms with Gasteiger partial charge in [0.15, 0.2) is 16.3 Å². The molecule has 2 aliphatic rings. The fourth-order valence-electron chi connectivity index (χ4n) is 5.95. The zero-order valence-corrected chi connectivity index (χ0v) is 26.5. The highest BCUT2D eigenvalue weighted by Gasteiger charge is 2.32. The van der Waals surface area contributed by atoms with Gasteiger partial charge in [-0.1, -0.05) is 94.0 Å². The van der Waals surface area contributed by atoms with Gasteiger partial charge < -0.3 is 9.47 Å². The van der Waals surface area contributed by atoms with E-state index in [1.807, 2.05) is 66.7 Å². The molecule has 224 valence electrons. The van der Waals surface area contributed by atoms with Crippen molar-refractivity contribution in [2.24, 2.45) is 4.99 Å². The number of hydrogen-bond donors (Lipinski definition) is 0. The number of allylic oxidation sites excluding steroid dienone is 1. The fraction of sp³-hybridized carbons (Fsp3) is 0.143. The van der Waals surface area contributed by atoms with Crippen LogP contribution >= 0.6 is 27.3 Å². The Hall–Kier alpha value is -4.80. The van der Waals surface area contributed by atoms with Crippen molar-refractivity contribution in [2.45, 2.75) is 25.5 Å². The molecule has 0 unspecified atom stereocenters.